The Labute approximate surface area is 149 Å². The zero-order chi connectivity index (χ0) is 17.4. The third-order valence-electron chi connectivity index (χ3n) is 3.98. The number of aromatic amines is 1. The summed E-state index contributed by atoms with van der Waals surface area (Å²) in [6.07, 6.45) is 0. The van der Waals surface area contributed by atoms with Gasteiger partial charge in [-0.2, -0.15) is 0 Å². The minimum Gasteiger partial charge on any atom is -0.451 e. The van der Waals surface area contributed by atoms with Gasteiger partial charge < -0.3 is 14.7 Å². The minimum absolute atomic E-state index is 0.236. The Kier molecular flexibility index (Phi) is 3.82. The maximum atomic E-state index is 12.4. The van der Waals surface area contributed by atoms with Gasteiger partial charge >= 0.3 is 0 Å². The lowest BCUT2D eigenvalue weighted by molar-refractivity contribution is 0.0997. The molecule has 0 fully saturated rings. The normalized spacial score (nSPS) is 11.0. The molecule has 0 bridgehead atoms. The highest BCUT2D eigenvalue weighted by Crippen LogP contribution is 2.29. The number of fused-ring (bicyclic) bond motifs is 1. The first kappa shape index (κ1) is 15.5. The van der Waals surface area contributed by atoms with Crippen LogP contribution in [0.5, 0.6) is 0 Å². The fourth-order valence-electron chi connectivity index (χ4n) is 2.81. The lowest BCUT2D eigenvalue weighted by atomic mass is 10.2. The number of benzene rings is 2. The molecule has 4 rings (SSSR count). The van der Waals surface area contributed by atoms with Crippen LogP contribution in [-0.4, -0.2) is 10.9 Å². The van der Waals surface area contributed by atoms with Crippen molar-refractivity contribution in [1.29, 1.82) is 0 Å². The van der Waals surface area contributed by atoms with Gasteiger partial charge in [0.2, 0.25) is 0 Å². The summed E-state index contributed by atoms with van der Waals surface area (Å²) in [5.74, 6) is 0.498. The van der Waals surface area contributed by atoms with Crippen molar-refractivity contribution in [1.82, 2.24) is 4.98 Å². The molecule has 0 aliphatic heterocycles. The van der Waals surface area contributed by atoms with Gasteiger partial charge in [-0.05, 0) is 55.5 Å². The molecule has 2 aromatic heterocycles. The van der Waals surface area contributed by atoms with Crippen molar-refractivity contribution in [2.75, 3.05) is 5.32 Å². The van der Waals surface area contributed by atoms with Crippen LogP contribution in [0.1, 0.15) is 16.2 Å². The Hall–Kier alpha value is -2.98. The molecule has 2 N–H and O–H groups in total. The van der Waals surface area contributed by atoms with Gasteiger partial charge in [-0.3, -0.25) is 4.79 Å². The predicted octanol–water partition coefficient (Wildman–Crippen LogP) is 5.64. The van der Waals surface area contributed by atoms with Gasteiger partial charge in [0.1, 0.15) is 5.76 Å². The SMILES string of the molecule is Cc1cc2cc(NC(=O)c3ccc(-c4ccccc4Cl)o3)ccc2[nH]1. The topological polar surface area (TPSA) is 58.0 Å². The van der Waals surface area contributed by atoms with Crippen LogP contribution in [0.2, 0.25) is 5.02 Å². The summed E-state index contributed by atoms with van der Waals surface area (Å²) in [5.41, 5.74) is 3.59. The fourth-order valence-corrected chi connectivity index (χ4v) is 3.04. The Bertz CT molecular complexity index is 1080. The average molecular weight is 351 g/mol. The first-order valence-electron chi connectivity index (χ1n) is 7.85. The van der Waals surface area contributed by atoms with E-state index in [0.29, 0.717) is 16.5 Å². The Morgan fingerprint density at radius 2 is 1.92 bits per heavy atom. The maximum Gasteiger partial charge on any atom is 0.291 e. The number of aryl methyl sites for hydroxylation is 1. The second kappa shape index (κ2) is 6.15. The molecular weight excluding hydrogens is 336 g/mol. The van der Waals surface area contributed by atoms with E-state index in [1.165, 1.54) is 0 Å². The number of rotatable bonds is 3. The Balaban J connectivity index is 1.57. The fraction of sp³-hybridized carbons (Fsp3) is 0.0500. The molecule has 25 heavy (non-hydrogen) atoms. The van der Waals surface area contributed by atoms with E-state index in [0.717, 1.165) is 22.2 Å². The van der Waals surface area contributed by atoms with E-state index in [1.807, 2.05) is 49.4 Å². The lowest BCUT2D eigenvalue weighted by Gasteiger charge is -2.04. The van der Waals surface area contributed by atoms with Crippen LogP contribution in [0.3, 0.4) is 0 Å². The minimum atomic E-state index is -0.301. The predicted molar refractivity (Wildman–Crippen MR) is 100 cm³/mol. The highest BCUT2D eigenvalue weighted by molar-refractivity contribution is 6.33. The summed E-state index contributed by atoms with van der Waals surface area (Å²) in [6.45, 7) is 2.00. The van der Waals surface area contributed by atoms with Crippen molar-refractivity contribution in [3.8, 4) is 11.3 Å². The first-order valence-corrected chi connectivity index (χ1v) is 8.23. The number of hydrogen-bond acceptors (Lipinski definition) is 2. The van der Waals surface area contributed by atoms with Crippen LogP contribution >= 0.6 is 11.6 Å². The number of carbonyl (C=O) groups is 1. The molecule has 4 aromatic rings. The third kappa shape index (κ3) is 3.04. The monoisotopic (exact) mass is 350 g/mol. The molecule has 1 amide bonds. The van der Waals surface area contributed by atoms with Crippen molar-refractivity contribution in [2.24, 2.45) is 0 Å². The summed E-state index contributed by atoms with van der Waals surface area (Å²) in [6, 6.07) is 18.5. The molecule has 0 saturated heterocycles. The van der Waals surface area contributed by atoms with E-state index in [-0.39, 0.29) is 11.7 Å². The van der Waals surface area contributed by atoms with Gasteiger partial charge in [0.25, 0.3) is 5.91 Å². The number of aromatic nitrogens is 1. The maximum absolute atomic E-state index is 12.4. The number of amides is 1. The van der Waals surface area contributed by atoms with Gasteiger partial charge in [-0.1, -0.05) is 23.7 Å². The van der Waals surface area contributed by atoms with Crippen LogP contribution in [0, 0.1) is 6.92 Å². The molecular formula is C20H15ClN2O2. The lowest BCUT2D eigenvalue weighted by Crippen LogP contribution is -2.10. The summed E-state index contributed by atoms with van der Waals surface area (Å²) in [4.78, 5) is 15.7. The van der Waals surface area contributed by atoms with Gasteiger partial charge in [-0.15, -0.1) is 0 Å². The number of carbonyl (C=O) groups excluding carboxylic acids is 1. The van der Waals surface area contributed by atoms with Crippen LogP contribution in [0.25, 0.3) is 22.2 Å². The molecule has 0 radical (unpaired) electrons. The molecule has 0 unspecified atom stereocenters. The summed E-state index contributed by atoms with van der Waals surface area (Å²) >= 11 is 6.17. The number of anilines is 1. The number of hydrogen-bond donors (Lipinski definition) is 2. The smallest absolute Gasteiger partial charge is 0.291 e. The molecule has 2 heterocycles. The van der Waals surface area contributed by atoms with E-state index in [1.54, 1.807) is 18.2 Å². The zero-order valence-corrected chi connectivity index (χ0v) is 14.2. The van der Waals surface area contributed by atoms with E-state index in [4.69, 9.17) is 16.0 Å². The Morgan fingerprint density at radius 3 is 2.76 bits per heavy atom. The number of H-pyrrole nitrogens is 1. The molecule has 0 saturated carbocycles. The molecule has 0 spiro atoms. The van der Waals surface area contributed by atoms with Crippen molar-refractivity contribution in [3.63, 3.8) is 0 Å². The van der Waals surface area contributed by atoms with E-state index >= 15 is 0 Å². The van der Waals surface area contributed by atoms with Crippen molar-refractivity contribution in [3.05, 3.63) is 77.1 Å². The third-order valence-corrected chi connectivity index (χ3v) is 4.31. The van der Waals surface area contributed by atoms with Gasteiger partial charge in [0.05, 0.1) is 5.02 Å². The number of halogens is 1. The second-order valence-corrected chi connectivity index (χ2v) is 6.26. The van der Waals surface area contributed by atoms with Crippen LogP contribution in [0.4, 0.5) is 5.69 Å². The van der Waals surface area contributed by atoms with Crippen LogP contribution < -0.4 is 5.32 Å². The molecule has 5 heteroatoms. The van der Waals surface area contributed by atoms with Gasteiger partial charge in [0.15, 0.2) is 5.76 Å². The summed E-state index contributed by atoms with van der Waals surface area (Å²) < 4.78 is 5.67. The highest BCUT2D eigenvalue weighted by Gasteiger charge is 2.14. The molecule has 4 nitrogen and oxygen atoms in total. The van der Waals surface area contributed by atoms with E-state index in [2.05, 4.69) is 10.3 Å². The molecule has 0 atom stereocenters. The highest BCUT2D eigenvalue weighted by atomic mass is 35.5. The van der Waals surface area contributed by atoms with Crippen molar-refractivity contribution >= 4 is 34.1 Å². The summed E-state index contributed by atoms with van der Waals surface area (Å²) in [5, 5.41) is 4.49. The van der Waals surface area contributed by atoms with Crippen molar-refractivity contribution < 1.29 is 9.21 Å². The Morgan fingerprint density at radius 1 is 1.08 bits per heavy atom. The average Bonchev–Trinajstić information content (AvgIpc) is 3.20. The quantitative estimate of drug-likeness (QED) is 0.502. The standard InChI is InChI=1S/C20H15ClN2O2/c1-12-10-13-11-14(6-7-17(13)22-12)23-20(24)19-9-8-18(25-19)15-4-2-3-5-16(15)21/h2-11,22H,1H3,(H,23,24). The first-order chi connectivity index (χ1) is 12.1. The van der Waals surface area contributed by atoms with Gasteiger partial charge in [-0.25, -0.2) is 0 Å². The molecule has 0 aliphatic carbocycles. The van der Waals surface area contributed by atoms with Crippen LogP contribution in [-0.2, 0) is 0 Å². The molecule has 2 aromatic carbocycles. The molecule has 124 valence electrons. The second-order valence-electron chi connectivity index (χ2n) is 5.85. The van der Waals surface area contributed by atoms with E-state index < -0.39 is 0 Å². The number of nitrogens with one attached hydrogen (secondary N) is 2. The van der Waals surface area contributed by atoms with Crippen molar-refractivity contribution in [2.45, 2.75) is 6.92 Å². The zero-order valence-electron chi connectivity index (χ0n) is 13.5. The number of furan rings is 1. The largest absolute Gasteiger partial charge is 0.451 e. The van der Waals surface area contributed by atoms with Gasteiger partial charge in [0, 0.05) is 27.8 Å². The van der Waals surface area contributed by atoms with Crippen LogP contribution in [0.15, 0.2) is 65.1 Å². The molecule has 0 aliphatic rings. The van der Waals surface area contributed by atoms with E-state index in [9.17, 15) is 4.79 Å². The summed E-state index contributed by atoms with van der Waals surface area (Å²) in [7, 11) is 0.